The summed E-state index contributed by atoms with van der Waals surface area (Å²) in [6, 6.07) is 12.2. The first-order valence-electron chi connectivity index (χ1n) is 6.54. The van der Waals surface area contributed by atoms with E-state index < -0.39 is 0 Å². The number of rotatable bonds is 1. The third kappa shape index (κ3) is 1.93. The van der Waals surface area contributed by atoms with E-state index in [1.165, 1.54) is 5.56 Å². The Kier molecular flexibility index (Phi) is 2.86. The lowest BCUT2D eigenvalue weighted by Gasteiger charge is -2.22. The molecule has 2 aromatic carbocycles. The van der Waals surface area contributed by atoms with Gasteiger partial charge in [0.25, 0.3) is 0 Å². The lowest BCUT2D eigenvalue weighted by molar-refractivity contribution is 0.0481. The molecule has 0 N–H and O–H groups in total. The van der Waals surface area contributed by atoms with E-state index in [9.17, 15) is 4.79 Å². The lowest BCUT2D eigenvalue weighted by atomic mass is 9.87. The quantitative estimate of drug-likeness (QED) is 0.724. The Hall–Kier alpha value is -2.09. The number of carbonyl (C=O) groups is 1. The Morgan fingerprint density at radius 1 is 1.05 bits per heavy atom. The van der Waals surface area contributed by atoms with E-state index >= 15 is 0 Å². The SMILES string of the molecule is Cc1cc2c(c(-c3ccccc3)c1C)C(=O)OCC2. The van der Waals surface area contributed by atoms with Crippen LogP contribution in [0.15, 0.2) is 36.4 Å². The minimum absolute atomic E-state index is 0.191. The normalized spacial score (nSPS) is 13.9. The highest BCUT2D eigenvalue weighted by atomic mass is 16.5. The topological polar surface area (TPSA) is 26.3 Å². The van der Waals surface area contributed by atoms with Gasteiger partial charge in [0.2, 0.25) is 0 Å². The Morgan fingerprint density at radius 2 is 1.79 bits per heavy atom. The summed E-state index contributed by atoms with van der Waals surface area (Å²) in [7, 11) is 0. The lowest BCUT2D eigenvalue weighted by Crippen LogP contribution is -2.19. The molecule has 0 atom stereocenters. The molecular formula is C17H16O2. The number of ether oxygens (including phenoxy) is 1. The number of hydrogen-bond donors (Lipinski definition) is 0. The summed E-state index contributed by atoms with van der Waals surface area (Å²) in [5, 5.41) is 0. The van der Waals surface area contributed by atoms with Gasteiger partial charge < -0.3 is 4.74 Å². The van der Waals surface area contributed by atoms with Gasteiger partial charge in [-0.1, -0.05) is 36.4 Å². The molecule has 2 nitrogen and oxygen atoms in total. The smallest absolute Gasteiger partial charge is 0.339 e. The van der Waals surface area contributed by atoms with E-state index in [0.717, 1.165) is 34.2 Å². The standard InChI is InChI=1S/C17H16O2/c1-11-10-14-8-9-19-17(18)16(14)15(12(11)2)13-6-4-3-5-7-13/h3-7,10H,8-9H2,1-2H3. The summed E-state index contributed by atoms with van der Waals surface area (Å²) in [6.07, 6.45) is 0.808. The van der Waals surface area contributed by atoms with Gasteiger partial charge in [0.05, 0.1) is 12.2 Å². The highest BCUT2D eigenvalue weighted by molar-refractivity contribution is 6.00. The van der Waals surface area contributed by atoms with E-state index in [4.69, 9.17) is 4.74 Å². The minimum Gasteiger partial charge on any atom is -0.462 e. The molecular weight excluding hydrogens is 236 g/mol. The van der Waals surface area contributed by atoms with Crippen molar-refractivity contribution in [3.63, 3.8) is 0 Å². The zero-order valence-corrected chi connectivity index (χ0v) is 11.2. The average Bonchev–Trinajstić information content (AvgIpc) is 2.42. The van der Waals surface area contributed by atoms with Crippen LogP contribution in [0.3, 0.4) is 0 Å². The summed E-state index contributed by atoms with van der Waals surface area (Å²) >= 11 is 0. The largest absolute Gasteiger partial charge is 0.462 e. The van der Waals surface area contributed by atoms with Gasteiger partial charge in [-0.05, 0) is 41.7 Å². The monoisotopic (exact) mass is 252 g/mol. The summed E-state index contributed by atoms with van der Waals surface area (Å²) < 4.78 is 5.22. The second kappa shape index (κ2) is 4.54. The molecule has 0 aliphatic carbocycles. The van der Waals surface area contributed by atoms with Crippen molar-refractivity contribution in [2.24, 2.45) is 0 Å². The summed E-state index contributed by atoms with van der Waals surface area (Å²) in [5.41, 5.74) is 6.36. The zero-order valence-electron chi connectivity index (χ0n) is 11.2. The van der Waals surface area contributed by atoms with E-state index in [2.05, 4.69) is 19.9 Å². The first kappa shape index (κ1) is 12.0. The molecule has 1 heterocycles. The third-order valence-electron chi connectivity index (χ3n) is 3.80. The van der Waals surface area contributed by atoms with Crippen molar-refractivity contribution in [1.82, 2.24) is 0 Å². The van der Waals surface area contributed by atoms with Crippen LogP contribution in [0.1, 0.15) is 27.0 Å². The number of aryl methyl sites for hydroxylation is 1. The van der Waals surface area contributed by atoms with Crippen LogP contribution >= 0.6 is 0 Å². The maximum atomic E-state index is 12.1. The fraction of sp³-hybridized carbons (Fsp3) is 0.235. The Labute approximate surface area is 113 Å². The van der Waals surface area contributed by atoms with Crippen molar-refractivity contribution >= 4 is 5.97 Å². The fourth-order valence-corrected chi connectivity index (χ4v) is 2.71. The highest BCUT2D eigenvalue weighted by Gasteiger charge is 2.25. The van der Waals surface area contributed by atoms with Crippen molar-refractivity contribution in [2.45, 2.75) is 20.3 Å². The Bertz CT molecular complexity index is 642. The molecule has 96 valence electrons. The van der Waals surface area contributed by atoms with Gasteiger partial charge in [-0.15, -0.1) is 0 Å². The number of benzene rings is 2. The van der Waals surface area contributed by atoms with Crippen LogP contribution in [0.25, 0.3) is 11.1 Å². The highest BCUT2D eigenvalue weighted by Crippen LogP contribution is 2.34. The molecule has 1 aliphatic heterocycles. The maximum absolute atomic E-state index is 12.1. The van der Waals surface area contributed by atoms with Gasteiger partial charge in [0.1, 0.15) is 0 Å². The molecule has 0 saturated carbocycles. The molecule has 0 radical (unpaired) electrons. The minimum atomic E-state index is -0.191. The van der Waals surface area contributed by atoms with Gasteiger partial charge in [-0.25, -0.2) is 4.79 Å². The first-order chi connectivity index (χ1) is 9.18. The van der Waals surface area contributed by atoms with Crippen LogP contribution < -0.4 is 0 Å². The number of fused-ring (bicyclic) bond motifs is 1. The van der Waals surface area contributed by atoms with Gasteiger partial charge in [-0.2, -0.15) is 0 Å². The predicted octanol–water partition coefficient (Wildman–Crippen LogP) is 3.68. The van der Waals surface area contributed by atoms with Crippen molar-refractivity contribution in [3.05, 3.63) is 58.7 Å². The maximum Gasteiger partial charge on any atom is 0.339 e. The second-order valence-electron chi connectivity index (χ2n) is 4.98. The molecule has 0 amide bonds. The van der Waals surface area contributed by atoms with Crippen LogP contribution in [0.2, 0.25) is 0 Å². The second-order valence-corrected chi connectivity index (χ2v) is 4.98. The molecule has 2 heteroatoms. The molecule has 0 spiro atoms. The number of hydrogen-bond acceptors (Lipinski definition) is 2. The Balaban J connectivity index is 2.34. The third-order valence-corrected chi connectivity index (χ3v) is 3.80. The molecule has 2 aromatic rings. The molecule has 0 bridgehead atoms. The first-order valence-corrected chi connectivity index (χ1v) is 6.54. The van der Waals surface area contributed by atoms with Crippen LogP contribution in [0.5, 0.6) is 0 Å². The average molecular weight is 252 g/mol. The van der Waals surface area contributed by atoms with Gasteiger partial charge in [0.15, 0.2) is 0 Å². The molecule has 0 fully saturated rings. The van der Waals surface area contributed by atoms with Crippen LogP contribution in [-0.2, 0) is 11.2 Å². The van der Waals surface area contributed by atoms with Crippen molar-refractivity contribution < 1.29 is 9.53 Å². The van der Waals surface area contributed by atoms with Crippen molar-refractivity contribution in [3.8, 4) is 11.1 Å². The number of esters is 1. The molecule has 0 unspecified atom stereocenters. The molecule has 19 heavy (non-hydrogen) atoms. The van der Waals surface area contributed by atoms with Gasteiger partial charge in [-0.3, -0.25) is 0 Å². The molecule has 1 aliphatic rings. The van der Waals surface area contributed by atoms with E-state index in [1.54, 1.807) is 0 Å². The van der Waals surface area contributed by atoms with Crippen LogP contribution in [0, 0.1) is 13.8 Å². The number of carbonyl (C=O) groups excluding carboxylic acids is 1. The zero-order chi connectivity index (χ0) is 13.4. The van der Waals surface area contributed by atoms with Gasteiger partial charge in [0, 0.05) is 6.42 Å². The summed E-state index contributed by atoms with van der Waals surface area (Å²) in [6.45, 7) is 4.66. The van der Waals surface area contributed by atoms with Crippen molar-refractivity contribution in [2.75, 3.05) is 6.61 Å². The summed E-state index contributed by atoms with van der Waals surface area (Å²) in [5.74, 6) is -0.191. The number of cyclic esters (lactones) is 1. The van der Waals surface area contributed by atoms with E-state index in [0.29, 0.717) is 6.61 Å². The molecule has 3 rings (SSSR count). The van der Waals surface area contributed by atoms with Crippen LogP contribution in [-0.4, -0.2) is 12.6 Å². The van der Waals surface area contributed by atoms with E-state index in [1.807, 2.05) is 30.3 Å². The van der Waals surface area contributed by atoms with Crippen LogP contribution in [0.4, 0.5) is 0 Å². The fourth-order valence-electron chi connectivity index (χ4n) is 2.71. The molecule has 0 saturated heterocycles. The van der Waals surface area contributed by atoms with Gasteiger partial charge >= 0.3 is 5.97 Å². The summed E-state index contributed by atoms with van der Waals surface area (Å²) in [4.78, 5) is 12.1. The predicted molar refractivity (Wildman–Crippen MR) is 75.3 cm³/mol. The molecule has 0 aromatic heterocycles. The Morgan fingerprint density at radius 3 is 2.53 bits per heavy atom. The van der Waals surface area contributed by atoms with Crippen molar-refractivity contribution in [1.29, 1.82) is 0 Å². The van der Waals surface area contributed by atoms with E-state index in [-0.39, 0.29) is 5.97 Å².